The molecule has 0 aliphatic carbocycles. The lowest BCUT2D eigenvalue weighted by Crippen LogP contribution is -2.43. The molecule has 2 heterocycles. The van der Waals surface area contributed by atoms with Crippen LogP contribution in [0.2, 0.25) is 5.15 Å². The Morgan fingerprint density at radius 1 is 1.67 bits per heavy atom. The standard InChI is InChI=1S/C10H12ClN3O/c11-9-4-8(1-2-13-9)14-10(15)3-7-5-12-6-7/h1-2,4,7,12H,3,5-6H2,(H,13,14,15). The second kappa shape index (κ2) is 4.59. The molecule has 1 fully saturated rings. The number of halogens is 1. The normalized spacial score (nSPS) is 15.8. The predicted octanol–water partition coefficient (Wildman–Crippen LogP) is 1.28. The highest BCUT2D eigenvalue weighted by atomic mass is 35.5. The van der Waals surface area contributed by atoms with E-state index in [0.29, 0.717) is 23.2 Å². The number of anilines is 1. The molecule has 0 saturated carbocycles. The maximum atomic E-state index is 11.5. The van der Waals surface area contributed by atoms with Gasteiger partial charge in [-0.05, 0) is 31.1 Å². The highest BCUT2D eigenvalue weighted by Crippen LogP contribution is 2.14. The van der Waals surface area contributed by atoms with E-state index < -0.39 is 0 Å². The SMILES string of the molecule is O=C(CC1CNC1)Nc1ccnc(Cl)c1. The van der Waals surface area contributed by atoms with Crippen molar-refractivity contribution in [2.75, 3.05) is 18.4 Å². The number of hydrogen-bond acceptors (Lipinski definition) is 3. The molecule has 0 atom stereocenters. The van der Waals surface area contributed by atoms with Gasteiger partial charge >= 0.3 is 0 Å². The lowest BCUT2D eigenvalue weighted by molar-refractivity contribution is -0.117. The minimum absolute atomic E-state index is 0.0313. The Hall–Kier alpha value is -1.13. The van der Waals surface area contributed by atoms with Gasteiger partial charge in [0.2, 0.25) is 5.91 Å². The summed E-state index contributed by atoms with van der Waals surface area (Å²) in [6.45, 7) is 1.87. The number of nitrogens with one attached hydrogen (secondary N) is 2. The number of amides is 1. The Morgan fingerprint density at radius 3 is 3.07 bits per heavy atom. The number of rotatable bonds is 3. The van der Waals surface area contributed by atoms with Gasteiger partial charge in [-0.15, -0.1) is 0 Å². The predicted molar refractivity (Wildman–Crippen MR) is 58.9 cm³/mol. The molecule has 0 spiro atoms. The molecule has 1 aliphatic heterocycles. The Labute approximate surface area is 93.0 Å². The quantitative estimate of drug-likeness (QED) is 0.763. The summed E-state index contributed by atoms with van der Waals surface area (Å²) in [5.41, 5.74) is 0.701. The zero-order valence-electron chi connectivity index (χ0n) is 8.16. The summed E-state index contributed by atoms with van der Waals surface area (Å²) in [7, 11) is 0. The Morgan fingerprint density at radius 2 is 2.47 bits per heavy atom. The van der Waals surface area contributed by atoms with Crippen molar-refractivity contribution in [1.29, 1.82) is 0 Å². The third kappa shape index (κ3) is 2.91. The van der Waals surface area contributed by atoms with Crippen LogP contribution in [0.4, 0.5) is 5.69 Å². The zero-order valence-corrected chi connectivity index (χ0v) is 8.92. The van der Waals surface area contributed by atoms with Crippen LogP contribution < -0.4 is 10.6 Å². The first-order chi connectivity index (χ1) is 7.24. The lowest BCUT2D eigenvalue weighted by atomic mass is 9.99. The van der Waals surface area contributed by atoms with Gasteiger partial charge in [-0.25, -0.2) is 4.98 Å². The van der Waals surface area contributed by atoms with Gasteiger partial charge in [0.05, 0.1) is 0 Å². The Kier molecular flexibility index (Phi) is 3.18. The number of pyridine rings is 1. The van der Waals surface area contributed by atoms with Crippen molar-refractivity contribution in [2.24, 2.45) is 5.92 Å². The van der Waals surface area contributed by atoms with E-state index >= 15 is 0 Å². The van der Waals surface area contributed by atoms with Crippen molar-refractivity contribution in [3.05, 3.63) is 23.5 Å². The molecule has 15 heavy (non-hydrogen) atoms. The molecule has 2 rings (SSSR count). The number of carbonyl (C=O) groups is 1. The summed E-state index contributed by atoms with van der Waals surface area (Å²) >= 11 is 5.70. The number of nitrogens with zero attached hydrogens (tertiary/aromatic N) is 1. The van der Waals surface area contributed by atoms with Crippen molar-refractivity contribution in [1.82, 2.24) is 10.3 Å². The molecule has 0 unspecified atom stereocenters. The molecule has 1 aromatic heterocycles. The van der Waals surface area contributed by atoms with E-state index in [4.69, 9.17) is 11.6 Å². The molecular formula is C10H12ClN3O. The molecule has 1 amide bonds. The minimum atomic E-state index is 0.0313. The van der Waals surface area contributed by atoms with E-state index in [0.717, 1.165) is 13.1 Å². The summed E-state index contributed by atoms with van der Waals surface area (Å²) in [5.74, 6) is 0.506. The van der Waals surface area contributed by atoms with Gasteiger partial charge in [-0.2, -0.15) is 0 Å². The molecule has 5 heteroatoms. The highest BCUT2D eigenvalue weighted by Gasteiger charge is 2.19. The van der Waals surface area contributed by atoms with Crippen LogP contribution in [-0.4, -0.2) is 24.0 Å². The number of aromatic nitrogens is 1. The second-order valence-corrected chi connectivity index (χ2v) is 4.03. The largest absolute Gasteiger partial charge is 0.326 e. The highest BCUT2D eigenvalue weighted by molar-refractivity contribution is 6.29. The van der Waals surface area contributed by atoms with Gasteiger partial charge in [0.15, 0.2) is 0 Å². The molecule has 1 aromatic rings. The summed E-state index contributed by atoms with van der Waals surface area (Å²) in [6.07, 6.45) is 2.13. The first kappa shape index (κ1) is 10.4. The van der Waals surface area contributed by atoms with Crippen LogP contribution >= 0.6 is 11.6 Å². The van der Waals surface area contributed by atoms with Crippen LogP contribution in [-0.2, 0) is 4.79 Å². The van der Waals surface area contributed by atoms with Gasteiger partial charge < -0.3 is 10.6 Å². The molecule has 2 N–H and O–H groups in total. The molecule has 0 radical (unpaired) electrons. The van der Waals surface area contributed by atoms with Crippen molar-refractivity contribution in [3.8, 4) is 0 Å². The third-order valence-electron chi connectivity index (χ3n) is 2.35. The van der Waals surface area contributed by atoms with E-state index in [1.165, 1.54) is 0 Å². The van der Waals surface area contributed by atoms with Crippen LogP contribution in [0.25, 0.3) is 0 Å². The Balaban J connectivity index is 1.87. The smallest absolute Gasteiger partial charge is 0.224 e. The summed E-state index contributed by atoms with van der Waals surface area (Å²) in [6, 6.07) is 3.36. The van der Waals surface area contributed by atoms with Gasteiger partial charge in [0.1, 0.15) is 5.15 Å². The monoisotopic (exact) mass is 225 g/mol. The van der Waals surface area contributed by atoms with Crippen LogP contribution in [0.1, 0.15) is 6.42 Å². The van der Waals surface area contributed by atoms with Gasteiger partial charge in [-0.3, -0.25) is 4.79 Å². The van der Waals surface area contributed by atoms with Crippen LogP contribution in [0, 0.1) is 5.92 Å². The molecule has 80 valence electrons. The minimum Gasteiger partial charge on any atom is -0.326 e. The maximum Gasteiger partial charge on any atom is 0.224 e. The van der Waals surface area contributed by atoms with E-state index in [2.05, 4.69) is 15.6 Å². The van der Waals surface area contributed by atoms with Crippen LogP contribution in [0.5, 0.6) is 0 Å². The number of carbonyl (C=O) groups excluding carboxylic acids is 1. The third-order valence-corrected chi connectivity index (χ3v) is 2.56. The number of hydrogen-bond donors (Lipinski definition) is 2. The fourth-order valence-corrected chi connectivity index (χ4v) is 1.62. The zero-order chi connectivity index (χ0) is 10.7. The molecule has 0 bridgehead atoms. The summed E-state index contributed by atoms with van der Waals surface area (Å²) in [4.78, 5) is 15.4. The fraction of sp³-hybridized carbons (Fsp3) is 0.400. The Bertz CT molecular complexity index is 365. The van der Waals surface area contributed by atoms with Gasteiger partial charge in [-0.1, -0.05) is 11.6 Å². The van der Waals surface area contributed by atoms with Crippen molar-refractivity contribution < 1.29 is 4.79 Å². The van der Waals surface area contributed by atoms with Crippen molar-refractivity contribution in [3.63, 3.8) is 0 Å². The van der Waals surface area contributed by atoms with E-state index in [-0.39, 0.29) is 5.91 Å². The average molecular weight is 226 g/mol. The van der Waals surface area contributed by atoms with Crippen molar-refractivity contribution in [2.45, 2.75) is 6.42 Å². The molecule has 4 nitrogen and oxygen atoms in total. The van der Waals surface area contributed by atoms with E-state index in [1.807, 2.05) is 0 Å². The van der Waals surface area contributed by atoms with E-state index in [9.17, 15) is 4.79 Å². The average Bonchev–Trinajstić information content (AvgIpc) is 2.11. The summed E-state index contributed by atoms with van der Waals surface area (Å²) in [5, 5.41) is 6.31. The van der Waals surface area contributed by atoms with Crippen LogP contribution in [0.3, 0.4) is 0 Å². The summed E-state index contributed by atoms with van der Waals surface area (Å²) < 4.78 is 0. The molecule has 0 aromatic carbocycles. The van der Waals surface area contributed by atoms with Gasteiger partial charge in [0, 0.05) is 18.3 Å². The van der Waals surface area contributed by atoms with Crippen LogP contribution in [0.15, 0.2) is 18.3 Å². The van der Waals surface area contributed by atoms with Gasteiger partial charge in [0.25, 0.3) is 0 Å². The lowest BCUT2D eigenvalue weighted by Gasteiger charge is -2.26. The fourth-order valence-electron chi connectivity index (χ4n) is 1.45. The molecule has 1 aliphatic rings. The first-order valence-corrected chi connectivity index (χ1v) is 5.24. The second-order valence-electron chi connectivity index (χ2n) is 3.64. The van der Waals surface area contributed by atoms with Crippen molar-refractivity contribution >= 4 is 23.2 Å². The molecule has 1 saturated heterocycles. The van der Waals surface area contributed by atoms with E-state index in [1.54, 1.807) is 18.3 Å². The topological polar surface area (TPSA) is 54.0 Å². The molecular weight excluding hydrogens is 214 g/mol. The first-order valence-electron chi connectivity index (χ1n) is 4.86. The maximum absolute atomic E-state index is 11.5.